The number of piperidine rings is 1. The van der Waals surface area contributed by atoms with E-state index in [1.807, 2.05) is 25.7 Å². The van der Waals surface area contributed by atoms with Crippen molar-refractivity contribution >= 4 is 11.8 Å². The SMILES string of the molecule is CC(C)CN(c1ccccc1)C1CCN(C(=O)OC(C)(C)C)CC1. The lowest BCUT2D eigenvalue weighted by Gasteiger charge is -2.40. The van der Waals surface area contributed by atoms with Crippen molar-refractivity contribution in [3.63, 3.8) is 0 Å². The number of benzene rings is 1. The molecule has 1 amide bonds. The molecule has 0 unspecified atom stereocenters. The van der Waals surface area contributed by atoms with Crippen LogP contribution < -0.4 is 4.90 Å². The largest absolute Gasteiger partial charge is 0.444 e. The number of carbonyl (C=O) groups is 1. The second-order valence-corrected chi connectivity index (χ2v) is 8.08. The fourth-order valence-corrected chi connectivity index (χ4v) is 3.16. The van der Waals surface area contributed by atoms with Crippen LogP contribution in [0.15, 0.2) is 30.3 Å². The number of para-hydroxylation sites is 1. The van der Waals surface area contributed by atoms with Gasteiger partial charge in [0.25, 0.3) is 0 Å². The highest BCUT2D eigenvalue weighted by Crippen LogP contribution is 2.25. The molecule has 24 heavy (non-hydrogen) atoms. The first-order chi connectivity index (χ1) is 11.3. The van der Waals surface area contributed by atoms with Crippen molar-refractivity contribution in [1.82, 2.24) is 4.90 Å². The van der Waals surface area contributed by atoms with Crippen LogP contribution in [0.4, 0.5) is 10.5 Å². The molecule has 134 valence electrons. The minimum Gasteiger partial charge on any atom is -0.444 e. The summed E-state index contributed by atoms with van der Waals surface area (Å²) in [6, 6.07) is 11.1. The molecular formula is C20H32N2O2. The van der Waals surface area contributed by atoms with Crippen molar-refractivity contribution < 1.29 is 9.53 Å². The average molecular weight is 332 g/mol. The molecule has 1 aliphatic rings. The van der Waals surface area contributed by atoms with E-state index in [-0.39, 0.29) is 6.09 Å². The first-order valence-electron chi connectivity index (χ1n) is 9.06. The normalized spacial score (nSPS) is 16.3. The maximum atomic E-state index is 12.2. The molecule has 0 N–H and O–H groups in total. The van der Waals surface area contributed by atoms with Gasteiger partial charge in [-0.25, -0.2) is 4.79 Å². The minimum absolute atomic E-state index is 0.184. The lowest BCUT2D eigenvalue weighted by molar-refractivity contribution is 0.0204. The number of nitrogens with zero attached hydrogens (tertiary/aromatic N) is 2. The Hall–Kier alpha value is -1.71. The highest BCUT2D eigenvalue weighted by molar-refractivity contribution is 5.68. The Morgan fingerprint density at radius 1 is 1.21 bits per heavy atom. The summed E-state index contributed by atoms with van der Waals surface area (Å²) in [6.07, 6.45) is 1.79. The van der Waals surface area contributed by atoms with Crippen LogP contribution in [0.25, 0.3) is 0 Å². The average Bonchev–Trinajstić information content (AvgIpc) is 2.52. The molecule has 0 bridgehead atoms. The summed E-state index contributed by atoms with van der Waals surface area (Å²) >= 11 is 0. The van der Waals surface area contributed by atoms with E-state index in [2.05, 4.69) is 49.1 Å². The molecule has 2 rings (SSSR count). The summed E-state index contributed by atoms with van der Waals surface area (Å²) in [6.45, 7) is 12.8. The molecule has 1 saturated heterocycles. The lowest BCUT2D eigenvalue weighted by Crippen LogP contribution is -2.49. The summed E-state index contributed by atoms with van der Waals surface area (Å²) in [7, 11) is 0. The van der Waals surface area contributed by atoms with Crippen LogP contribution in [0, 0.1) is 5.92 Å². The van der Waals surface area contributed by atoms with E-state index in [1.54, 1.807) is 0 Å². The Labute approximate surface area is 146 Å². The standard InChI is InChI=1S/C20H32N2O2/c1-16(2)15-22(17-9-7-6-8-10-17)18-11-13-21(14-12-18)19(23)24-20(3,4)5/h6-10,16,18H,11-15H2,1-5H3. The van der Waals surface area contributed by atoms with Crippen molar-refractivity contribution in [2.75, 3.05) is 24.5 Å². The van der Waals surface area contributed by atoms with Gasteiger partial charge in [-0.05, 0) is 51.7 Å². The Morgan fingerprint density at radius 2 is 1.79 bits per heavy atom. The number of amides is 1. The Morgan fingerprint density at radius 3 is 2.29 bits per heavy atom. The molecule has 0 aromatic heterocycles. The lowest BCUT2D eigenvalue weighted by atomic mass is 10.0. The van der Waals surface area contributed by atoms with E-state index >= 15 is 0 Å². The van der Waals surface area contributed by atoms with Crippen LogP contribution in [0.3, 0.4) is 0 Å². The third-order valence-corrected chi connectivity index (χ3v) is 4.21. The van der Waals surface area contributed by atoms with Gasteiger partial charge in [0.05, 0.1) is 0 Å². The van der Waals surface area contributed by atoms with E-state index in [0.29, 0.717) is 12.0 Å². The number of carbonyl (C=O) groups excluding carboxylic acids is 1. The van der Waals surface area contributed by atoms with Gasteiger partial charge in [0, 0.05) is 31.4 Å². The zero-order valence-electron chi connectivity index (χ0n) is 15.8. The maximum absolute atomic E-state index is 12.2. The van der Waals surface area contributed by atoms with Crippen LogP contribution in [-0.2, 0) is 4.74 Å². The van der Waals surface area contributed by atoms with Crippen molar-refractivity contribution in [2.45, 2.75) is 59.1 Å². The molecule has 4 nitrogen and oxygen atoms in total. The van der Waals surface area contributed by atoms with Crippen molar-refractivity contribution in [3.05, 3.63) is 30.3 Å². The van der Waals surface area contributed by atoms with Gasteiger partial charge in [0.15, 0.2) is 0 Å². The topological polar surface area (TPSA) is 32.8 Å². The Kier molecular flexibility index (Phi) is 6.14. The van der Waals surface area contributed by atoms with E-state index in [9.17, 15) is 4.79 Å². The molecule has 1 heterocycles. The van der Waals surface area contributed by atoms with Crippen LogP contribution in [0.1, 0.15) is 47.5 Å². The second-order valence-electron chi connectivity index (χ2n) is 8.08. The molecule has 4 heteroatoms. The maximum Gasteiger partial charge on any atom is 0.410 e. The fourth-order valence-electron chi connectivity index (χ4n) is 3.16. The number of likely N-dealkylation sites (tertiary alicyclic amines) is 1. The number of ether oxygens (including phenoxy) is 1. The summed E-state index contributed by atoms with van der Waals surface area (Å²) in [4.78, 5) is 16.6. The fraction of sp³-hybridized carbons (Fsp3) is 0.650. The van der Waals surface area contributed by atoms with E-state index in [0.717, 1.165) is 32.5 Å². The van der Waals surface area contributed by atoms with E-state index in [1.165, 1.54) is 5.69 Å². The predicted octanol–water partition coefficient (Wildman–Crippen LogP) is 4.55. The first-order valence-corrected chi connectivity index (χ1v) is 9.06. The summed E-state index contributed by atoms with van der Waals surface area (Å²) < 4.78 is 5.50. The Bertz CT molecular complexity index is 514. The third-order valence-electron chi connectivity index (χ3n) is 4.21. The summed E-state index contributed by atoms with van der Waals surface area (Å²) in [5, 5.41) is 0. The molecule has 0 atom stereocenters. The first kappa shape index (κ1) is 18.6. The summed E-state index contributed by atoms with van der Waals surface area (Å²) in [5.41, 5.74) is 0.851. The number of rotatable bonds is 4. The molecule has 0 saturated carbocycles. The van der Waals surface area contributed by atoms with Gasteiger partial charge in [-0.3, -0.25) is 0 Å². The highest BCUT2D eigenvalue weighted by atomic mass is 16.6. The molecule has 0 aliphatic carbocycles. The second kappa shape index (κ2) is 7.91. The molecule has 1 aromatic carbocycles. The highest BCUT2D eigenvalue weighted by Gasteiger charge is 2.29. The van der Waals surface area contributed by atoms with Gasteiger partial charge in [-0.1, -0.05) is 32.0 Å². The number of hydrogen-bond donors (Lipinski definition) is 0. The molecule has 0 spiro atoms. The van der Waals surface area contributed by atoms with E-state index < -0.39 is 5.60 Å². The van der Waals surface area contributed by atoms with Crippen LogP contribution in [0.2, 0.25) is 0 Å². The summed E-state index contributed by atoms with van der Waals surface area (Å²) in [5.74, 6) is 0.606. The van der Waals surface area contributed by atoms with Crippen molar-refractivity contribution in [2.24, 2.45) is 5.92 Å². The zero-order chi connectivity index (χ0) is 17.7. The van der Waals surface area contributed by atoms with Gasteiger partial charge in [-0.2, -0.15) is 0 Å². The zero-order valence-corrected chi connectivity index (χ0v) is 15.8. The molecule has 1 aromatic rings. The molecule has 1 aliphatic heterocycles. The van der Waals surface area contributed by atoms with Crippen LogP contribution in [-0.4, -0.2) is 42.3 Å². The minimum atomic E-state index is -0.429. The van der Waals surface area contributed by atoms with Crippen LogP contribution >= 0.6 is 0 Å². The van der Waals surface area contributed by atoms with Crippen molar-refractivity contribution in [1.29, 1.82) is 0 Å². The number of anilines is 1. The smallest absolute Gasteiger partial charge is 0.410 e. The third kappa shape index (κ3) is 5.43. The Balaban J connectivity index is 1.99. The number of hydrogen-bond acceptors (Lipinski definition) is 3. The molecular weight excluding hydrogens is 300 g/mol. The van der Waals surface area contributed by atoms with Crippen molar-refractivity contribution in [3.8, 4) is 0 Å². The monoisotopic (exact) mass is 332 g/mol. The predicted molar refractivity (Wildman–Crippen MR) is 99.5 cm³/mol. The van der Waals surface area contributed by atoms with Gasteiger partial charge < -0.3 is 14.5 Å². The van der Waals surface area contributed by atoms with Crippen LogP contribution in [0.5, 0.6) is 0 Å². The van der Waals surface area contributed by atoms with Gasteiger partial charge >= 0.3 is 6.09 Å². The van der Waals surface area contributed by atoms with E-state index in [4.69, 9.17) is 4.74 Å². The quantitative estimate of drug-likeness (QED) is 0.811. The van der Waals surface area contributed by atoms with Gasteiger partial charge in [0.1, 0.15) is 5.60 Å². The van der Waals surface area contributed by atoms with Gasteiger partial charge in [-0.15, -0.1) is 0 Å². The van der Waals surface area contributed by atoms with Gasteiger partial charge in [0.2, 0.25) is 0 Å². The molecule has 1 fully saturated rings. The molecule has 0 radical (unpaired) electrons.